The average molecular weight is 634 g/mol. The molecule has 0 bridgehead atoms. The van der Waals surface area contributed by atoms with Crippen LogP contribution in [0.3, 0.4) is 0 Å². The third-order valence-corrected chi connectivity index (χ3v) is 9.71. The highest BCUT2D eigenvalue weighted by molar-refractivity contribution is 7.85. The van der Waals surface area contributed by atoms with Crippen molar-refractivity contribution in [2.75, 3.05) is 30.8 Å². The molecule has 1 N–H and O–H groups in total. The monoisotopic (exact) mass is 633 g/mol. The normalized spacial score (nSPS) is 21.6. The highest BCUT2D eigenvalue weighted by Gasteiger charge is 2.31. The van der Waals surface area contributed by atoms with Crippen molar-refractivity contribution in [2.24, 2.45) is 5.92 Å². The number of hydrogen-bond donors (Lipinski definition) is 1. The molecule has 2 aromatic carbocycles. The molecule has 1 unspecified atom stereocenters. The number of ether oxygens (including phenoxy) is 5. The van der Waals surface area contributed by atoms with Gasteiger partial charge in [0, 0.05) is 37.2 Å². The highest BCUT2D eigenvalue weighted by atomic mass is 32.2. The Bertz CT molecular complexity index is 1950. The van der Waals surface area contributed by atoms with E-state index in [9.17, 15) is 13.0 Å². The van der Waals surface area contributed by atoms with Crippen LogP contribution in [0.5, 0.6) is 28.7 Å². The van der Waals surface area contributed by atoms with Gasteiger partial charge >= 0.3 is 5.89 Å². The number of rotatable bonds is 7. The molecule has 3 aliphatic heterocycles. The molecule has 12 heteroatoms. The second kappa shape index (κ2) is 10.9. The first-order valence-corrected chi connectivity index (χ1v) is 16.9. The van der Waals surface area contributed by atoms with E-state index in [1.165, 1.54) is 11.1 Å². The minimum atomic E-state index is -4.08. The third kappa shape index (κ3) is 5.31. The number of allylic oxidation sites excluding steroid dienone is 6. The van der Waals surface area contributed by atoms with E-state index in [0.29, 0.717) is 41.2 Å². The average Bonchev–Trinajstić information content (AvgIpc) is 3.79. The molecule has 0 spiro atoms. The Morgan fingerprint density at radius 1 is 0.933 bits per heavy atom. The van der Waals surface area contributed by atoms with Gasteiger partial charge in [0.2, 0.25) is 25.1 Å². The van der Waals surface area contributed by atoms with Crippen LogP contribution in [0.25, 0.3) is 17.2 Å². The predicted octanol–water partition coefficient (Wildman–Crippen LogP) is 5.66. The summed E-state index contributed by atoms with van der Waals surface area (Å²) in [5.74, 6) is 4.97. The molecule has 3 aromatic rings. The van der Waals surface area contributed by atoms with Crippen molar-refractivity contribution in [3.63, 3.8) is 0 Å². The zero-order valence-corrected chi connectivity index (χ0v) is 25.6. The fraction of sp³-hybridized carbons (Fsp3) is 0.364. The molecule has 5 aliphatic rings. The summed E-state index contributed by atoms with van der Waals surface area (Å²) < 4.78 is 68.9. The highest BCUT2D eigenvalue weighted by Crippen LogP contribution is 2.48. The number of fused-ring (bicyclic) bond motifs is 5. The van der Waals surface area contributed by atoms with Gasteiger partial charge < -0.3 is 33.0 Å². The molecule has 0 fully saturated rings. The molecule has 0 radical (unpaired) electrons. The van der Waals surface area contributed by atoms with E-state index in [4.69, 9.17) is 28.1 Å². The predicted molar refractivity (Wildman–Crippen MR) is 164 cm³/mol. The summed E-state index contributed by atoms with van der Waals surface area (Å²) in [5.41, 5.74) is 5.98. The Hall–Kier alpha value is -4.42. The van der Waals surface area contributed by atoms with Gasteiger partial charge in [-0.3, -0.25) is 4.55 Å². The summed E-state index contributed by atoms with van der Waals surface area (Å²) in [5, 5.41) is 0. The minimum absolute atomic E-state index is 0.143. The number of oxazole rings is 1. The second-order valence-electron chi connectivity index (χ2n) is 11.8. The molecular weight excluding hydrogens is 600 g/mol. The standard InChI is InChI=1S/C33H32N2O9S/c1-2-34-24-14-28-30(41-18-39-28)16-26(24)43-32(34)12-20-4-6-22-7-5-21(11-23(22)10-20)13-33-35(8-3-9-45(36,37)38)25-15-29-31(42-19-40-29)17-27(25)44-33/h10-17,22H,2-9,18-19H2,1H3/p+1. The summed E-state index contributed by atoms with van der Waals surface area (Å²) in [4.78, 5) is 2.15. The topological polar surface area (TPSA) is 121 Å². The molecule has 1 aromatic heterocycles. The minimum Gasteiger partial charge on any atom is -0.454 e. The summed E-state index contributed by atoms with van der Waals surface area (Å²) in [6.45, 7) is 3.57. The van der Waals surface area contributed by atoms with Crippen LogP contribution < -0.4 is 33.2 Å². The lowest BCUT2D eigenvalue weighted by Gasteiger charge is -2.28. The van der Waals surface area contributed by atoms with E-state index >= 15 is 0 Å². The molecule has 11 nitrogen and oxygen atoms in total. The SMILES string of the molecule is CCN1/C(=C/C2=CC3=C/C(=C/c4oc5cc6c(cc5[n+]4CCCS(=O)(=O)O)OCO6)CCC3CC2)Oc2cc3c(cc21)OCO3. The van der Waals surface area contributed by atoms with Crippen molar-refractivity contribution in [3.8, 4) is 28.7 Å². The van der Waals surface area contributed by atoms with Gasteiger partial charge in [0.15, 0.2) is 35.3 Å². The lowest BCUT2D eigenvalue weighted by molar-refractivity contribution is -0.677. The second-order valence-corrected chi connectivity index (χ2v) is 13.3. The van der Waals surface area contributed by atoms with Crippen molar-refractivity contribution in [1.82, 2.24) is 0 Å². The van der Waals surface area contributed by atoms with Gasteiger partial charge in [0.25, 0.3) is 15.6 Å². The number of hydrogen-bond acceptors (Lipinski definition) is 9. The summed E-state index contributed by atoms with van der Waals surface area (Å²) in [6, 6.07) is 7.53. The van der Waals surface area contributed by atoms with Gasteiger partial charge in [-0.2, -0.15) is 13.0 Å². The van der Waals surface area contributed by atoms with Crippen molar-refractivity contribution in [3.05, 3.63) is 71.0 Å². The van der Waals surface area contributed by atoms with Gasteiger partial charge in [-0.15, -0.1) is 0 Å². The largest absolute Gasteiger partial charge is 0.454 e. The molecule has 45 heavy (non-hydrogen) atoms. The molecule has 0 saturated carbocycles. The number of benzene rings is 2. The van der Waals surface area contributed by atoms with Gasteiger partial charge in [-0.05, 0) is 55.2 Å². The molecule has 1 atom stereocenters. The van der Waals surface area contributed by atoms with E-state index in [1.54, 1.807) is 6.07 Å². The first-order valence-electron chi connectivity index (χ1n) is 15.3. The summed E-state index contributed by atoms with van der Waals surface area (Å²) in [6.07, 6.45) is 12.9. The van der Waals surface area contributed by atoms with E-state index < -0.39 is 10.1 Å². The zero-order chi connectivity index (χ0) is 30.7. The van der Waals surface area contributed by atoms with Gasteiger partial charge in [0.1, 0.15) is 0 Å². The Morgan fingerprint density at radius 3 is 2.44 bits per heavy atom. The smallest absolute Gasteiger partial charge is 0.374 e. The van der Waals surface area contributed by atoms with Crippen LogP contribution in [0, 0.1) is 5.92 Å². The third-order valence-electron chi connectivity index (χ3n) is 8.91. The van der Waals surface area contributed by atoms with E-state index in [1.807, 2.05) is 28.8 Å². The molecule has 2 aliphatic carbocycles. The summed E-state index contributed by atoms with van der Waals surface area (Å²) in [7, 11) is -4.08. The number of nitrogens with zero attached hydrogens (tertiary/aromatic N) is 2. The maximum Gasteiger partial charge on any atom is 0.374 e. The van der Waals surface area contributed by atoms with Crippen molar-refractivity contribution in [2.45, 2.75) is 45.6 Å². The molecule has 4 heterocycles. The van der Waals surface area contributed by atoms with Crippen LogP contribution in [0.2, 0.25) is 0 Å². The molecule has 0 amide bonds. The Balaban J connectivity index is 1.10. The molecular formula is C33H33N2O9S+. The van der Waals surface area contributed by atoms with Crippen LogP contribution in [0.4, 0.5) is 5.69 Å². The van der Waals surface area contributed by atoms with Crippen molar-refractivity contribution in [1.29, 1.82) is 0 Å². The van der Waals surface area contributed by atoms with Crippen LogP contribution in [0.15, 0.2) is 69.5 Å². The van der Waals surface area contributed by atoms with Crippen LogP contribution >= 0.6 is 0 Å². The van der Waals surface area contributed by atoms with Crippen LogP contribution in [-0.4, -0.2) is 38.9 Å². The fourth-order valence-electron chi connectivity index (χ4n) is 6.71. The van der Waals surface area contributed by atoms with Crippen molar-refractivity contribution >= 4 is 33.0 Å². The van der Waals surface area contributed by atoms with Crippen LogP contribution in [-0.2, 0) is 16.7 Å². The number of aryl methyl sites for hydroxylation is 1. The maximum absolute atomic E-state index is 11.4. The van der Waals surface area contributed by atoms with E-state index in [-0.39, 0.29) is 25.8 Å². The quantitative estimate of drug-likeness (QED) is 0.258. The van der Waals surface area contributed by atoms with Crippen molar-refractivity contribution < 1.29 is 45.6 Å². The maximum atomic E-state index is 11.4. The number of aromatic nitrogens is 1. The van der Waals surface area contributed by atoms with Gasteiger partial charge in [0.05, 0.1) is 23.6 Å². The van der Waals surface area contributed by atoms with Gasteiger partial charge in [-0.1, -0.05) is 12.2 Å². The lowest BCUT2D eigenvalue weighted by atomic mass is 9.77. The molecule has 8 rings (SSSR count). The summed E-state index contributed by atoms with van der Waals surface area (Å²) >= 11 is 0. The van der Waals surface area contributed by atoms with E-state index in [2.05, 4.69) is 30.1 Å². The Labute approximate surface area is 260 Å². The first-order chi connectivity index (χ1) is 21.8. The van der Waals surface area contributed by atoms with Crippen LogP contribution in [0.1, 0.15) is 44.9 Å². The fourth-order valence-corrected chi connectivity index (χ4v) is 7.21. The van der Waals surface area contributed by atoms with Gasteiger partial charge in [-0.25, -0.2) is 0 Å². The Kier molecular flexibility index (Phi) is 6.79. The Morgan fingerprint density at radius 2 is 1.67 bits per heavy atom. The molecule has 234 valence electrons. The van der Waals surface area contributed by atoms with E-state index in [0.717, 1.165) is 66.4 Å². The first kappa shape index (κ1) is 28.1. The number of anilines is 1. The zero-order valence-electron chi connectivity index (χ0n) is 24.8. The lowest BCUT2D eigenvalue weighted by Crippen LogP contribution is -2.36. The molecule has 0 saturated heterocycles.